The van der Waals surface area contributed by atoms with Crippen LogP contribution in [0.15, 0.2) is 22.7 Å². The molecule has 0 spiro atoms. The number of nitriles is 1. The third kappa shape index (κ3) is 3.24. The van der Waals surface area contributed by atoms with Crippen LogP contribution in [0.4, 0.5) is 5.69 Å². The first kappa shape index (κ1) is 13.4. The van der Waals surface area contributed by atoms with Crippen LogP contribution >= 0.6 is 15.9 Å². The highest BCUT2D eigenvalue weighted by Crippen LogP contribution is 2.29. The van der Waals surface area contributed by atoms with Gasteiger partial charge in [-0.15, -0.1) is 0 Å². The Morgan fingerprint density at radius 3 is 2.78 bits per heavy atom. The highest BCUT2D eigenvalue weighted by atomic mass is 79.9. The Balaban J connectivity index is 1.98. The van der Waals surface area contributed by atoms with Crippen molar-refractivity contribution in [3.05, 3.63) is 28.2 Å². The quantitative estimate of drug-likeness (QED) is 0.902. The van der Waals surface area contributed by atoms with E-state index in [9.17, 15) is 0 Å². The summed E-state index contributed by atoms with van der Waals surface area (Å²) >= 11 is 3.41. The van der Waals surface area contributed by atoms with Crippen molar-refractivity contribution in [3.63, 3.8) is 0 Å². The fraction of sp³-hybridized carbons (Fsp3) is 0.500. The molecule has 4 heteroatoms. The van der Waals surface area contributed by atoms with Crippen LogP contribution in [0.2, 0.25) is 0 Å². The first-order valence-corrected chi connectivity index (χ1v) is 7.06. The van der Waals surface area contributed by atoms with E-state index in [0.29, 0.717) is 11.0 Å². The van der Waals surface area contributed by atoms with Gasteiger partial charge < -0.3 is 10.6 Å². The molecule has 1 fully saturated rings. The van der Waals surface area contributed by atoms with Gasteiger partial charge in [-0.1, -0.05) is 6.92 Å². The molecule has 18 heavy (non-hydrogen) atoms. The number of anilines is 1. The first-order valence-electron chi connectivity index (χ1n) is 6.27. The molecular weight excluding hydrogens is 290 g/mol. The van der Waals surface area contributed by atoms with Gasteiger partial charge in [0.05, 0.1) is 5.56 Å². The minimum absolute atomic E-state index is 0.367. The standard InChI is InChI=1S/C14H18BrN3/c1-14(4-6-17-7-5-14)10-18-12-3-2-11(9-16)13(15)8-12/h2-3,8,17-18H,4-7,10H2,1H3. The highest BCUT2D eigenvalue weighted by molar-refractivity contribution is 9.10. The third-order valence-electron chi connectivity index (χ3n) is 3.62. The Morgan fingerprint density at radius 2 is 2.17 bits per heavy atom. The number of nitrogens with one attached hydrogen (secondary N) is 2. The van der Waals surface area contributed by atoms with Crippen molar-refractivity contribution in [3.8, 4) is 6.07 Å². The summed E-state index contributed by atoms with van der Waals surface area (Å²) in [4.78, 5) is 0. The number of rotatable bonds is 3. The highest BCUT2D eigenvalue weighted by Gasteiger charge is 2.26. The van der Waals surface area contributed by atoms with Crippen LogP contribution in [0, 0.1) is 16.7 Å². The van der Waals surface area contributed by atoms with Crippen LogP contribution in [0.25, 0.3) is 0 Å². The van der Waals surface area contributed by atoms with Crippen molar-refractivity contribution in [2.45, 2.75) is 19.8 Å². The van der Waals surface area contributed by atoms with Crippen LogP contribution in [0.1, 0.15) is 25.3 Å². The molecule has 0 aromatic heterocycles. The zero-order valence-corrected chi connectivity index (χ0v) is 12.2. The zero-order chi connectivity index (χ0) is 13.0. The molecule has 1 aromatic carbocycles. The SMILES string of the molecule is CC1(CNc2ccc(C#N)c(Br)c2)CCNCC1. The molecular formula is C14H18BrN3. The van der Waals surface area contributed by atoms with Gasteiger partial charge in [0.25, 0.3) is 0 Å². The predicted octanol–water partition coefficient (Wildman–Crippen LogP) is 3.12. The number of hydrogen-bond donors (Lipinski definition) is 2. The minimum atomic E-state index is 0.367. The predicted molar refractivity (Wildman–Crippen MR) is 77.6 cm³/mol. The summed E-state index contributed by atoms with van der Waals surface area (Å²) in [6, 6.07) is 7.94. The fourth-order valence-corrected chi connectivity index (χ4v) is 2.71. The molecule has 1 aromatic rings. The largest absolute Gasteiger partial charge is 0.384 e. The molecule has 0 radical (unpaired) electrons. The van der Waals surface area contributed by atoms with E-state index >= 15 is 0 Å². The number of benzene rings is 1. The van der Waals surface area contributed by atoms with Gasteiger partial charge in [-0.2, -0.15) is 5.26 Å². The molecule has 0 amide bonds. The average Bonchev–Trinajstić information content (AvgIpc) is 2.38. The fourth-order valence-electron chi connectivity index (χ4n) is 2.24. The number of nitrogens with zero attached hydrogens (tertiary/aromatic N) is 1. The Bertz CT molecular complexity index is 459. The van der Waals surface area contributed by atoms with Crippen molar-refractivity contribution < 1.29 is 0 Å². The van der Waals surface area contributed by atoms with Crippen LogP contribution in [-0.4, -0.2) is 19.6 Å². The maximum atomic E-state index is 8.88. The Kier molecular flexibility index (Phi) is 4.26. The summed E-state index contributed by atoms with van der Waals surface area (Å²) in [6.45, 7) is 5.52. The van der Waals surface area contributed by atoms with Crippen molar-refractivity contribution in [1.82, 2.24) is 5.32 Å². The molecule has 0 saturated carbocycles. The molecule has 96 valence electrons. The Hall–Kier alpha value is -1.05. The second-order valence-electron chi connectivity index (χ2n) is 5.22. The van der Waals surface area contributed by atoms with Crippen LogP contribution < -0.4 is 10.6 Å². The molecule has 0 aliphatic carbocycles. The summed E-state index contributed by atoms with van der Waals surface area (Å²) in [5.41, 5.74) is 2.11. The van der Waals surface area contributed by atoms with Crippen LogP contribution in [0.5, 0.6) is 0 Å². The molecule has 2 rings (SSSR count). The van der Waals surface area contributed by atoms with Gasteiger partial charge in [0.1, 0.15) is 6.07 Å². The van der Waals surface area contributed by atoms with E-state index in [-0.39, 0.29) is 0 Å². The zero-order valence-electron chi connectivity index (χ0n) is 10.6. The van der Waals surface area contributed by atoms with Gasteiger partial charge in [0, 0.05) is 16.7 Å². The summed E-state index contributed by atoms with van der Waals surface area (Å²) in [6.07, 6.45) is 2.41. The van der Waals surface area contributed by atoms with Gasteiger partial charge in [-0.25, -0.2) is 0 Å². The molecule has 1 saturated heterocycles. The molecule has 1 aliphatic rings. The van der Waals surface area contributed by atoms with Crippen molar-refractivity contribution in [2.24, 2.45) is 5.41 Å². The molecule has 0 bridgehead atoms. The van der Waals surface area contributed by atoms with E-state index < -0.39 is 0 Å². The molecule has 1 aliphatic heterocycles. The number of hydrogen-bond acceptors (Lipinski definition) is 3. The lowest BCUT2D eigenvalue weighted by molar-refractivity contribution is 0.247. The second kappa shape index (κ2) is 5.73. The first-order chi connectivity index (χ1) is 8.63. The molecule has 1 heterocycles. The van der Waals surface area contributed by atoms with E-state index in [1.54, 1.807) is 0 Å². The lowest BCUT2D eigenvalue weighted by atomic mass is 9.81. The third-order valence-corrected chi connectivity index (χ3v) is 4.28. The van der Waals surface area contributed by atoms with E-state index in [2.05, 4.69) is 39.6 Å². The summed E-state index contributed by atoms with van der Waals surface area (Å²) < 4.78 is 0.852. The van der Waals surface area contributed by atoms with Gasteiger partial charge in [-0.3, -0.25) is 0 Å². The summed E-state index contributed by atoms with van der Waals surface area (Å²) in [5.74, 6) is 0. The molecule has 0 unspecified atom stereocenters. The summed E-state index contributed by atoms with van der Waals surface area (Å²) in [5, 5.41) is 15.7. The number of piperidine rings is 1. The van der Waals surface area contributed by atoms with Crippen LogP contribution in [-0.2, 0) is 0 Å². The second-order valence-corrected chi connectivity index (χ2v) is 6.07. The van der Waals surface area contributed by atoms with Gasteiger partial charge in [0.2, 0.25) is 0 Å². The van der Waals surface area contributed by atoms with Crippen LogP contribution in [0.3, 0.4) is 0 Å². The van der Waals surface area contributed by atoms with Crippen molar-refractivity contribution in [1.29, 1.82) is 5.26 Å². The molecule has 2 N–H and O–H groups in total. The lowest BCUT2D eigenvalue weighted by Gasteiger charge is -2.34. The van der Waals surface area contributed by atoms with Crippen molar-refractivity contribution in [2.75, 3.05) is 25.0 Å². The average molecular weight is 308 g/mol. The smallest absolute Gasteiger partial charge is 0.100 e. The summed E-state index contributed by atoms with van der Waals surface area (Å²) in [7, 11) is 0. The van der Waals surface area contributed by atoms with Gasteiger partial charge in [0.15, 0.2) is 0 Å². The lowest BCUT2D eigenvalue weighted by Crippen LogP contribution is -2.39. The Labute approximate surface area is 117 Å². The molecule has 3 nitrogen and oxygen atoms in total. The maximum absolute atomic E-state index is 8.88. The minimum Gasteiger partial charge on any atom is -0.384 e. The van der Waals surface area contributed by atoms with E-state index in [0.717, 1.165) is 29.8 Å². The van der Waals surface area contributed by atoms with Gasteiger partial charge >= 0.3 is 0 Å². The molecule has 0 atom stereocenters. The maximum Gasteiger partial charge on any atom is 0.100 e. The normalized spacial score (nSPS) is 18.1. The van der Waals surface area contributed by atoms with Gasteiger partial charge in [-0.05, 0) is 65.5 Å². The van der Waals surface area contributed by atoms with Crippen molar-refractivity contribution >= 4 is 21.6 Å². The monoisotopic (exact) mass is 307 g/mol. The van der Waals surface area contributed by atoms with E-state index in [4.69, 9.17) is 5.26 Å². The van der Waals surface area contributed by atoms with E-state index in [1.165, 1.54) is 12.8 Å². The number of halogens is 1. The van der Waals surface area contributed by atoms with E-state index in [1.807, 2.05) is 18.2 Å². The topological polar surface area (TPSA) is 47.9 Å². The Morgan fingerprint density at radius 1 is 1.44 bits per heavy atom.